The lowest BCUT2D eigenvalue weighted by Crippen LogP contribution is -2.45. The maximum Gasteiger partial charge on any atom is 0.125 e. The van der Waals surface area contributed by atoms with Gasteiger partial charge in [0.1, 0.15) is 5.82 Å². The van der Waals surface area contributed by atoms with Crippen molar-refractivity contribution in [2.45, 2.75) is 51.2 Å². The summed E-state index contributed by atoms with van der Waals surface area (Å²) in [5.74, 6) is 0.861. The first-order valence-corrected chi connectivity index (χ1v) is 7.07. The van der Waals surface area contributed by atoms with E-state index in [1.807, 2.05) is 19.2 Å². The fourth-order valence-corrected chi connectivity index (χ4v) is 3.26. The summed E-state index contributed by atoms with van der Waals surface area (Å²) in [4.78, 5) is 11.2. The van der Waals surface area contributed by atoms with E-state index in [-0.39, 0.29) is 0 Å². The van der Waals surface area contributed by atoms with Crippen LogP contribution in [0.5, 0.6) is 0 Å². The van der Waals surface area contributed by atoms with Crippen molar-refractivity contribution in [2.75, 3.05) is 13.1 Å². The Balaban J connectivity index is 1.51. The van der Waals surface area contributed by atoms with Gasteiger partial charge in [0.2, 0.25) is 0 Å². The van der Waals surface area contributed by atoms with Crippen molar-refractivity contribution in [3.05, 3.63) is 23.8 Å². The van der Waals surface area contributed by atoms with Gasteiger partial charge in [-0.25, -0.2) is 9.97 Å². The standard InChI is InChI=1S/C14H22N4/c1-11-15-6-4-13(17-11)10-16-12-5-8-18-7-2-3-14(18)9-12/h4,6,12,14,16H,2-3,5,7-10H2,1H3. The van der Waals surface area contributed by atoms with Crippen LogP contribution in [0.15, 0.2) is 12.3 Å². The van der Waals surface area contributed by atoms with E-state index in [1.165, 1.54) is 38.8 Å². The molecule has 1 aromatic rings. The third-order valence-corrected chi connectivity index (χ3v) is 4.23. The Morgan fingerprint density at radius 1 is 1.39 bits per heavy atom. The minimum absolute atomic E-state index is 0.666. The van der Waals surface area contributed by atoms with Gasteiger partial charge in [0.05, 0.1) is 5.69 Å². The lowest BCUT2D eigenvalue weighted by atomic mass is 9.97. The van der Waals surface area contributed by atoms with E-state index in [2.05, 4.69) is 20.2 Å². The molecule has 2 fully saturated rings. The molecule has 0 bridgehead atoms. The molecule has 4 nitrogen and oxygen atoms in total. The largest absolute Gasteiger partial charge is 0.308 e. The van der Waals surface area contributed by atoms with Crippen molar-refractivity contribution in [3.8, 4) is 0 Å². The molecule has 0 radical (unpaired) electrons. The quantitative estimate of drug-likeness (QED) is 0.877. The summed E-state index contributed by atoms with van der Waals surface area (Å²) < 4.78 is 0. The zero-order valence-corrected chi connectivity index (χ0v) is 11.1. The van der Waals surface area contributed by atoms with Crippen LogP contribution in [0.2, 0.25) is 0 Å². The fourth-order valence-electron chi connectivity index (χ4n) is 3.26. The van der Waals surface area contributed by atoms with Crippen LogP contribution in [0.25, 0.3) is 0 Å². The van der Waals surface area contributed by atoms with E-state index in [0.29, 0.717) is 6.04 Å². The number of aromatic nitrogens is 2. The molecule has 0 aromatic carbocycles. The molecule has 2 aliphatic rings. The third kappa shape index (κ3) is 2.70. The van der Waals surface area contributed by atoms with Crippen molar-refractivity contribution in [1.29, 1.82) is 0 Å². The molecule has 3 heterocycles. The maximum atomic E-state index is 4.44. The van der Waals surface area contributed by atoms with Crippen LogP contribution in [0.3, 0.4) is 0 Å². The molecule has 1 N–H and O–H groups in total. The number of fused-ring (bicyclic) bond motifs is 1. The molecule has 2 atom stereocenters. The molecular formula is C14H22N4. The number of nitrogens with one attached hydrogen (secondary N) is 1. The molecule has 0 saturated carbocycles. The van der Waals surface area contributed by atoms with Crippen molar-refractivity contribution >= 4 is 0 Å². The van der Waals surface area contributed by atoms with E-state index in [4.69, 9.17) is 0 Å². The van der Waals surface area contributed by atoms with Gasteiger partial charge in [0, 0.05) is 24.8 Å². The van der Waals surface area contributed by atoms with Gasteiger partial charge in [0.25, 0.3) is 0 Å². The van der Waals surface area contributed by atoms with Crippen LogP contribution in [-0.4, -0.2) is 40.0 Å². The summed E-state index contributed by atoms with van der Waals surface area (Å²) >= 11 is 0. The predicted octanol–water partition coefficient (Wildman–Crippen LogP) is 1.50. The topological polar surface area (TPSA) is 41.1 Å². The molecule has 2 aliphatic heterocycles. The highest BCUT2D eigenvalue weighted by Gasteiger charge is 2.31. The summed E-state index contributed by atoms with van der Waals surface area (Å²) in [5, 5.41) is 3.66. The van der Waals surface area contributed by atoms with Crippen molar-refractivity contribution in [3.63, 3.8) is 0 Å². The summed E-state index contributed by atoms with van der Waals surface area (Å²) in [7, 11) is 0. The number of piperidine rings is 1. The molecule has 0 amide bonds. The molecule has 18 heavy (non-hydrogen) atoms. The van der Waals surface area contributed by atoms with Crippen LogP contribution in [0.1, 0.15) is 37.2 Å². The monoisotopic (exact) mass is 246 g/mol. The average Bonchev–Trinajstić information content (AvgIpc) is 2.84. The Hall–Kier alpha value is -1.00. The molecule has 2 saturated heterocycles. The molecule has 2 unspecified atom stereocenters. The van der Waals surface area contributed by atoms with Gasteiger partial charge in [-0.05, 0) is 51.8 Å². The first-order valence-electron chi connectivity index (χ1n) is 7.07. The molecule has 3 rings (SSSR count). The molecule has 4 heteroatoms. The van der Waals surface area contributed by atoms with Crippen molar-refractivity contribution in [1.82, 2.24) is 20.2 Å². The number of hydrogen-bond acceptors (Lipinski definition) is 4. The van der Waals surface area contributed by atoms with Gasteiger partial charge < -0.3 is 10.2 Å². The second-order valence-electron chi connectivity index (χ2n) is 5.53. The van der Waals surface area contributed by atoms with Crippen LogP contribution >= 0.6 is 0 Å². The first kappa shape index (κ1) is 12.1. The first-order chi connectivity index (χ1) is 8.81. The molecule has 98 valence electrons. The van der Waals surface area contributed by atoms with Crippen LogP contribution in [0.4, 0.5) is 0 Å². The van der Waals surface area contributed by atoms with Crippen molar-refractivity contribution in [2.24, 2.45) is 0 Å². The number of nitrogens with zero attached hydrogens (tertiary/aromatic N) is 3. The SMILES string of the molecule is Cc1nccc(CNC2CCN3CCCC3C2)n1. The second-order valence-corrected chi connectivity index (χ2v) is 5.53. The van der Waals surface area contributed by atoms with Crippen molar-refractivity contribution < 1.29 is 0 Å². The molecule has 0 aliphatic carbocycles. The third-order valence-electron chi connectivity index (χ3n) is 4.23. The normalized spacial score (nSPS) is 28.3. The Morgan fingerprint density at radius 3 is 3.22 bits per heavy atom. The number of aryl methyl sites for hydroxylation is 1. The van der Waals surface area contributed by atoms with Gasteiger partial charge in [0.15, 0.2) is 0 Å². The van der Waals surface area contributed by atoms with E-state index >= 15 is 0 Å². The highest BCUT2D eigenvalue weighted by molar-refractivity contribution is 5.01. The lowest BCUT2D eigenvalue weighted by Gasteiger charge is -2.35. The van der Waals surface area contributed by atoms with Gasteiger partial charge in [-0.15, -0.1) is 0 Å². The van der Waals surface area contributed by atoms with E-state index in [9.17, 15) is 0 Å². The van der Waals surface area contributed by atoms with E-state index in [0.717, 1.165) is 24.1 Å². The van der Waals surface area contributed by atoms with Gasteiger partial charge in [-0.3, -0.25) is 0 Å². The Labute approximate surface area is 109 Å². The van der Waals surface area contributed by atoms with E-state index in [1.54, 1.807) is 0 Å². The summed E-state index contributed by atoms with van der Waals surface area (Å²) in [6.45, 7) is 5.41. The minimum Gasteiger partial charge on any atom is -0.308 e. The maximum absolute atomic E-state index is 4.44. The second kappa shape index (κ2) is 5.33. The van der Waals surface area contributed by atoms with Gasteiger partial charge >= 0.3 is 0 Å². The summed E-state index contributed by atoms with van der Waals surface area (Å²) in [5.41, 5.74) is 1.11. The van der Waals surface area contributed by atoms with Gasteiger partial charge in [-0.2, -0.15) is 0 Å². The average molecular weight is 246 g/mol. The Kier molecular flexibility index (Phi) is 3.57. The van der Waals surface area contributed by atoms with Crippen LogP contribution in [0, 0.1) is 6.92 Å². The Morgan fingerprint density at radius 2 is 2.33 bits per heavy atom. The predicted molar refractivity (Wildman–Crippen MR) is 71.2 cm³/mol. The zero-order valence-electron chi connectivity index (χ0n) is 11.1. The smallest absolute Gasteiger partial charge is 0.125 e. The highest BCUT2D eigenvalue weighted by Crippen LogP contribution is 2.26. The molecular weight excluding hydrogens is 224 g/mol. The lowest BCUT2D eigenvalue weighted by molar-refractivity contribution is 0.166. The number of hydrogen-bond donors (Lipinski definition) is 1. The Bertz CT molecular complexity index is 407. The highest BCUT2D eigenvalue weighted by atomic mass is 15.2. The minimum atomic E-state index is 0.666. The van der Waals surface area contributed by atoms with Crippen LogP contribution in [-0.2, 0) is 6.54 Å². The fraction of sp³-hybridized carbons (Fsp3) is 0.714. The summed E-state index contributed by atoms with van der Waals surface area (Å²) in [6.07, 6.45) is 7.22. The number of rotatable bonds is 3. The molecule has 0 spiro atoms. The zero-order chi connectivity index (χ0) is 12.4. The van der Waals surface area contributed by atoms with E-state index < -0.39 is 0 Å². The van der Waals surface area contributed by atoms with Gasteiger partial charge in [-0.1, -0.05) is 0 Å². The summed E-state index contributed by atoms with van der Waals surface area (Å²) in [6, 6.07) is 3.51. The van der Waals surface area contributed by atoms with Crippen LogP contribution < -0.4 is 5.32 Å². The molecule has 1 aromatic heterocycles.